The van der Waals surface area contributed by atoms with Gasteiger partial charge in [0.05, 0.1) is 5.41 Å². The Bertz CT molecular complexity index is 368. The van der Waals surface area contributed by atoms with Crippen LogP contribution in [0.25, 0.3) is 0 Å². The van der Waals surface area contributed by atoms with Gasteiger partial charge in [0.2, 0.25) is 0 Å². The molecule has 0 heterocycles. The van der Waals surface area contributed by atoms with E-state index in [1.165, 1.54) is 0 Å². The van der Waals surface area contributed by atoms with Gasteiger partial charge in [0, 0.05) is 0 Å². The minimum absolute atomic E-state index is 0.591. The molecule has 0 aromatic carbocycles. The van der Waals surface area contributed by atoms with E-state index < -0.39 is 11.4 Å². The standard InChI is InChI=1S/C15H22O2/c1-6-7-9-12(2)10-8-11-13(3)15(4,5)14(16)17/h7-11H,3,6H2,1-2,4-5H3,(H,16,17). The Labute approximate surface area is 104 Å². The molecule has 0 radical (unpaired) electrons. The second-order valence-corrected chi connectivity index (χ2v) is 4.54. The number of carboxylic acid groups (broad SMARTS) is 1. The number of rotatable bonds is 6. The van der Waals surface area contributed by atoms with E-state index >= 15 is 0 Å². The predicted octanol–water partition coefficient (Wildman–Crippen LogP) is 4.12. The quantitative estimate of drug-likeness (QED) is 0.702. The summed E-state index contributed by atoms with van der Waals surface area (Å²) in [5.41, 5.74) is 0.801. The topological polar surface area (TPSA) is 37.3 Å². The van der Waals surface area contributed by atoms with Crippen LogP contribution in [0.3, 0.4) is 0 Å². The van der Waals surface area contributed by atoms with Crippen molar-refractivity contribution in [2.75, 3.05) is 0 Å². The van der Waals surface area contributed by atoms with Crippen LogP contribution in [-0.2, 0) is 4.79 Å². The number of carbonyl (C=O) groups is 1. The lowest BCUT2D eigenvalue weighted by Crippen LogP contribution is -2.24. The molecular formula is C15H22O2. The molecule has 1 N–H and O–H groups in total. The number of hydrogen-bond donors (Lipinski definition) is 1. The largest absolute Gasteiger partial charge is 0.481 e. The lowest BCUT2D eigenvalue weighted by atomic mass is 9.85. The second-order valence-electron chi connectivity index (χ2n) is 4.54. The SMILES string of the molecule is C=C(C=CC=C(C)C=CCC)C(C)(C)C(=O)O. The Hall–Kier alpha value is -1.57. The molecule has 0 amide bonds. The van der Waals surface area contributed by atoms with Gasteiger partial charge in [0.1, 0.15) is 0 Å². The molecule has 0 aliphatic carbocycles. The van der Waals surface area contributed by atoms with E-state index in [2.05, 4.69) is 19.6 Å². The number of allylic oxidation sites excluding steroid dienone is 6. The first kappa shape index (κ1) is 15.4. The summed E-state index contributed by atoms with van der Waals surface area (Å²) < 4.78 is 0. The zero-order chi connectivity index (χ0) is 13.5. The van der Waals surface area contributed by atoms with Gasteiger partial charge in [-0.1, -0.05) is 49.5 Å². The van der Waals surface area contributed by atoms with Gasteiger partial charge in [-0.3, -0.25) is 4.79 Å². The van der Waals surface area contributed by atoms with E-state index in [-0.39, 0.29) is 0 Å². The molecule has 0 rings (SSSR count). The van der Waals surface area contributed by atoms with Crippen LogP contribution in [0, 0.1) is 5.41 Å². The molecular weight excluding hydrogens is 212 g/mol. The van der Waals surface area contributed by atoms with E-state index in [4.69, 9.17) is 5.11 Å². The molecule has 0 saturated carbocycles. The summed E-state index contributed by atoms with van der Waals surface area (Å²) in [7, 11) is 0. The molecule has 94 valence electrons. The summed E-state index contributed by atoms with van der Waals surface area (Å²) in [6, 6.07) is 0. The zero-order valence-corrected chi connectivity index (χ0v) is 11.2. The van der Waals surface area contributed by atoms with Crippen molar-refractivity contribution in [2.24, 2.45) is 5.41 Å². The average Bonchev–Trinajstić information content (AvgIpc) is 2.25. The maximum atomic E-state index is 11.0. The summed E-state index contributed by atoms with van der Waals surface area (Å²) in [5.74, 6) is -0.862. The zero-order valence-electron chi connectivity index (χ0n) is 11.2. The Morgan fingerprint density at radius 2 is 1.94 bits per heavy atom. The Morgan fingerprint density at radius 3 is 2.41 bits per heavy atom. The lowest BCUT2D eigenvalue weighted by Gasteiger charge is -2.19. The van der Waals surface area contributed by atoms with Gasteiger partial charge in [-0.2, -0.15) is 0 Å². The summed E-state index contributed by atoms with van der Waals surface area (Å²) in [6.07, 6.45) is 10.6. The van der Waals surface area contributed by atoms with E-state index in [9.17, 15) is 4.79 Å². The Balaban J connectivity index is 4.60. The molecule has 0 saturated heterocycles. The van der Waals surface area contributed by atoms with Gasteiger partial charge in [-0.15, -0.1) is 0 Å². The highest BCUT2D eigenvalue weighted by atomic mass is 16.4. The van der Waals surface area contributed by atoms with Gasteiger partial charge in [0.25, 0.3) is 0 Å². The third kappa shape index (κ3) is 5.34. The summed E-state index contributed by atoms with van der Waals surface area (Å²) >= 11 is 0. The summed E-state index contributed by atoms with van der Waals surface area (Å²) in [4.78, 5) is 11.0. The summed E-state index contributed by atoms with van der Waals surface area (Å²) in [6.45, 7) is 11.2. The fourth-order valence-corrected chi connectivity index (χ4v) is 1.02. The first-order valence-corrected chi connectivity index (χ1v) is 5.76. The maximum absolute atomic E-state index is 11.0. The first-order valence-electron chi connectivity index (χ1n) is 5.76. The molecule has 0 spiro atoms. The molecule has 0 atom stereocenters. The van der Waals surface area contributed by atoms with Gasteiger partial charge in [0.15, 0.2) is 0 Å². The van der Waals surface area contributed by atoms with Crippen LogP contribution in [0.1, 0.15) is 34.1 Å². The number of carboxylic acids is 1. The Kier molecular flexibility index (Phi) is 6.26. The minimum Gasteiger partial charge on any atom is -0.481 e. The van der Waals surface area contributed by atoms with Crippen molar-refractivity contribution >= 4 is 5.97 Å². The first-order chi connectivity index (χ1) is 7.82. The number of aliphatic carboxylic acids is 1. The lowest BCUT2D eigenvalue weighted by molar-refractivity contribution is -0.144. The molecule has 0 aromatic rings. The molecule has 0 fully saturated rings. The van der Waals surface area contributed by atoms with E-state index in [0.29, 0.717) is 5.57 Å². The highest BCUT2D eigenvalue weighted by Gasteiger charge is 2.28. The van der Waals surface area contributed by atoms with Crippen molar-refractivity contribution in [3.05, 3.63) is 48.1 Å². The normalized spacial score (nSPS) is 13.5. The van der Waals surface area contributed by atoms with Gasteiger partial charge in [-0.05, 0) is 32.8 Å². The Morgan fingerprint density at radius 1 is 1.35 bits per heavy atom. The molecule has 0 unspecified atom stereocenters. The molecule has 17 heavy (non-hydrogen) atoms. The molecule has 0 bridgehead atoms. The van der Waals surface area contributed by atoms with Crippen LogP contribution >= 0.6 is 0 Å². The van der Waals surface area contributed by atoms with Crippen LogP contribution < -0.4 is 0 Å². The van der Waals surface area contributed by atoms with Crippen LogP contribution in [0.2, 0.25) is 0 Å². The summed E-state index contributed by atoms with van der Waals surface area (Å²) in [5, 5.41) is 9.02. The van der Waals surface area contributed by atoms with E-state index in [1.54, 1.807) is 19.9 Å². The molecule has 2 nitrogen and oxygen atoms in total. The van der Waals surface area contributed by atoms with Crippen molar-refractivity contribution < 1.29 is 9.90 Å². The molecule has 0 aliphatic rings. The monoisotopic (exact) mass is 234 g/mol. The molecule has 2 heteroatoms. The van der Waals surface area contributed by atoms with Crippen molar-refractivity contribution in [2.45, 2.75) is 34.1 Å². The number of hydrogen-bond acceptors (Lipinski definition) is 1. The van der Waals surface area contributed by atoms with E-state index in [1.807, 2.05) is 25.2 Å². The van der Waals surface area contributed by atoms with Gasteiger partial charge < -0.3 is 5.11 Å². The minimum atomic E-state index is -0.919. The van der Waals surface area contributed by atoms with Crippen molar-refractivity contribution in [1.29, 1.82) is 0 Å². The fraction of sp³-hybridized carbons (Fsp3) is 0.400. The predicted molar refractivity (Wildman–Crippen MR) is 72.9 cm³/mol. The van der Waals surface area contributed by atoms with E-state index in [0.717, 1.165) is 12.0 Å². The fourth-order valence-electron chi connectivity index (χ4n) is 1.02. The smallest absolute Gasteiger partial charge is 0.313 e. The van der Waals surface area contributed by atoms with Gasteiger partial charge in [-0.25, -0.2) is 0 Å². The molecule has 0 aliphatic heterocycles. The van der Waals surface area contributed by atoms with Crippen molar-refractivity contribution in [3.63, 3.8) is 0 Å². The van der Waals surface area contributed by atoms with Crippen LogP contribution in [-0.4, -0.2) is 11.1 Å². The second kappa shape index (κ2) is 6.89. The van der Waals surface area contributed by atoms with Crippen LogP contribution in [0.15, 0.2) is 48.1 Å². The highest BCUT2D eigenvalue weighted by Crippen LogP contribution is 2.25. The maximum Gasteiger partial charge on any atom is 0.313 e. The van der Waals surface area contributed by atoms with Crippen molar-refractivity contribution in [1.82, 2.24) is 0 Å². The van der Waals surface area contributed by atoms with Crippen molar-refractivity contribution in [3.8, 4) is 0 Å². The van der Waals surface area contributed by atoms with Gasteiger partial charge >= 0.3 is 5.97 Å². The third-order valence-electron chi connectivity index (χ3n) is 2.61. The third-order valence-corrected chi connectivity index (χ3v) is 2.61. The molecule has 0 aromatic heterocycles. The average molecular weight is 234 g/mol. The van der Waals surface area contributed by atoms with Crippen LogP contribution in [0.5, 0.6) is 0 Å². The highest BCUT2D eigenvalue weighted by molar-refractivity contribution is 5.78. The van der Waals surface area contributed by atoms with Crippen LogP contribution in [0.4, 0.5) is 0 Å².